The molecule has 30 heavy (non-hydrogen) atoms. The van der Waals surface area contributed by atoms with Gasteiger partial charge in [-0.25, -0.2) is 13.4 Å². The molecule has 2 aromatic carbocycles. The third-order valence-corrected chi connectivity index (χ3v) is 7.07. The van der Waals surface area contributed by atoms with Crippen LogP contribution < -0.4 is 5.32 Å². The van der Waals surface area contributed by atoms with E-state index in [1.165, 1.54) is 23.5 Å². The maximum absolute atomic E-state index is 12.7. The molecule has 158 valence electrons. The lowest BCUT2D eigenvalue weighted by molar-refractivity contribution is 0.0939. The van der Waals surface area contributed by atoms with Crippen molar-refractivity contribution < 1.29 is 13.2 Å². The zero-order valence-corrected chi connectivity index (χ0v) is 18.3. The Balaban J connectivity index is 1.74. The minimum absolute atomic E-state index is 0.101. The second-order valence-corrected chi connectivity index (χ2v) is 9.40. The Morgan fingerprint density at radius 2 is 1.80 bits per heavy atom. The van der Waals surface area contributed by atoms with Crippen molar-refractivity contribution in [1.29, 1.82) is 0 Å². The molecular weight excluding hydrogens is 400 g/mol. The van der Waals surface area contributed by atoms with Gasteiger partial charge in [0.15, 0.2) is 0 Å². The molecule has 0 fully saturated rings. The van der Waals surface area contributed by atoms with Crippen molar-refractivity contribution in [3.63, 3.8) is 0 Å². The summed E-state index contributed by atoms with van der Waals surface area (Å²) in [6, 6.07) is 13.5. The van der Waals surface area contributed by atoms with Crippen molar-refractivity contribution in [3.05, 3.63) is 78.4 Å². The highest BCUT2D eigenvalue weighted by Gasteiger charge is 2.24. The number of hydrogen-bond donors (Lipinski definition) is 1. The summed E-state index contributed by atoms with van der Waals surface area (Å²) in [5.41, 5.74) is 2.22. The van der Waals surface area contributed by atoms with Gasteiger partial charge >= 0.3 is 0 Å². The van der Waals surface area contributed by atoms with Gasteiger partial charge in [-0.15, -0.1) is 0 Å². The second kappa shape index (κ2) is 8.81. The van der Waals surface area contributed by atoms with E-state index in [0.29, 0.717) is 5.56 Å². The normalized spacial score (nSPS) is 12.9. The molecule has 0 aliphatic rings. The minimum atomic E-state index is -3.66. The molecular formula is C22H26N4O3S. The number of imidazole rings is 1. The van der Waals surface area contributed by atoms with Crippen LogP contribution in [0.15, 0.2) is 72.1 Å². The molecule has 1 aromatic heterocycles. The number of hydrogen-bond acceptors (Lipinski definition) is 4. The highest BCUT2D eigenvalue weighted by Crippen LogP contribution is 2.20. The Morgan fingerprint density at radius 1 is 1.10 bits per heavy atom. The molecule has 1 N–H and O–H groups in total. The van der Waals surface area contributed by atoms with Crippen molar-refractivity contribution in [1.82, 2.24) is 19.2 Å². The number of nitrogens with one attached hydrogen (secondary N) is 1. The molecule has 8 heteroatoms. The first kappa shape index (κ1) is 21.7. The van der Waals surface area contributed by atoms with E-state index in [2.05, 4.69) is 10.3 Å². The monoisotopic (exact) mass is 426 g/mol. The van der Waals surface area contributed by atoms with Gasteiger partial charge in [-0.05, 0) is 56.7 Å². The zero-order chi connectivity index (χ0) is 21.9. The summed E-state index contributed by atoms with van der Waals surface area (Å²) in [6.45, 7) is 5.49. The van der Waals surface area contributed by atoms with Crippen LogP contribution in [0, 0.1) is 0 Å². The van der Waals surface area contributed by atoms with Crippen molar-refractivity contribution in [3.8, 4) is 5.69 Å². The van der Waals surface area contributed by atoms with E-state index in [4.69, 9.17) is 0 Å². The molecule has 0 saturated carbocycles. The van der Waals surface area contributed by atoms with Gasteiger partial charge in [0.25, 0.3) is 5.91 Å². The third kappa shape index (κ3) is 4.60. The van der Waals surface area contributed by atoms with Crippen LogP contribution in [0.5, 0.6) is 0 Å². The molecule has 0 unspecified atom stereocenters. The first-order valence-corrected chi connectivity index (χ1v) is 11.1. The van der Waals surface area contributed by atoms with Crippen molar-refractivity contribution >= 4 is 15.9 Å². The largest absolute Gasteiger partial charge is 0.346 e. The Hall–Kier alpha value is -2.97. The van der Waals surface area contributed by atoms with Crippen LogP contribution in [0.4, 0.5) is 0 Å². The van der Waals surface area contributed by atoms with Gasteiger partial charge in [0.2, 0.25) is 10.0 Å². The van der Waals surface area contributed by atoms with Gasteiger partial charge in [-0.2, -0.15) is 4.31 Å². The molecule has 1 heterocycles. The fourth-order valence-corrected chi connectivity index (χ4v) is 4.37. The van der Waals surface area contributed by atoms with Gasteiger partial charge in [0.1, 0.15) is 0 Å². The molecule has 7 nitrogen and oxygen atoms in total. The lowest BCUT2D eigenvalue weighted by Gasteiger charge is -2.21. The Kier molecular flexibility index (Phi) is 6.38. The van der Waals surface area contributed by atoms with Crippen LogP contribution >= 0.6 is 0 Å². The maximum atomic E-state index is 12.7. The average molecular weight is 427 g/mol. The molecule has 0 saturated heterocycles. The summed E-state index contributed by atoms with van der Waals surface area (Å²) >= 11 is 0. The highest BCUT2D eigenvalue weighted by molar-refractivity contribution is 7.89. The summed E-state index contributed by atoms with van der Waals surface area (Å²) in [4.78, 5) is 16.9. The minimum Gasteiger partial charge on any atom is -0.346 e. The Bertz CT molecular complexity index is 1110. The smallest absolute Gasteiger partial charge is 0.251 e. The molecule has 1 amide bonds. The maximum Gasteiger partial charge on any atom is 0.251 e. The fraction of sp³-hybridized carbons (Fsp3) is 0.273. The first-order valence-electron chi connectivity index (χ1n) is 9.67. The van der Waals surface area contributed by atoms with Gasteiger partial charge in [-0.1, -0.05) is 18.2 Å². The lowest BCUT2D eigenvalue weighted by Crippen LogP contribution is -2.33. The summed E-state index contributed by atoms with van der Waals surface area (Å²) in [5, 5.41) is 2.93. The summed E-state index contributed by atoms with van der Waals surface area (Å²) in [5.74, 6) is -0.328. The van der Waals surface area contributed by atoms with Gasteiger partial charge < -0.3 is 9.88 Å². The van der Waals surface area contributed by atoms with E-state index in [1.807, 2.05) is 42.0 Å². The van der Waals surface area contributed by atoms with E-state index in [-0.39, 0.29) is 22.9 Å². The fourth-order valence-electron chi connectivity index (χ4n) is 2.95. The van der Waals surface area contributed by atoms with Crippen LogP contribution in [-0.2, 0) is 10.0 Å². The summed E-state index contributed by atoms with van der Waals surface area (Å²) < 4.78 is 28.6. The van der Waals surface area contributed by atoms with Crippen LogP contribution in [0.2, 0.25) is 0 Å². The topological polar surface area (TPSA) is 84.3 Å². The number of rotatable bonds is 7. The number of sulfonamides is 1. The summed E-state index contributed by atoms with van der Waals surface area (Å²) in [7, 11) is -2.13. The van der Waals surface area contributed by atoms with Crippen molar-refractivity contribution in [2.45, 2.75) is 37.8 Å². The number of amides is 1. The standard InChI is InChI=1S/C22H26N4O3S/c1-16(2)25(4)30(28,29)21-7-5-6-19(14-21)22(27)24-17(3)18-8-10-20(11-9-18)26-13-12-23-15-26/h5-17H,1-4H3,(H,24,27)/t17-/m1/s1. The number of carbonyl (C=O) groups is 1. The number of carbonyl (C=O) groups excluding carboxylic acids is 1. The quantitative estimate of drug-likeness (QED) is 0.628. The SMILES string of the molecule is CC(C)N(C)S(=O)(=O)c1cccc(C(=O)N[C@H](C)c2ccc(-n3ccnc3)cc2)c1. The third-order valence-electron chi connectivity index (χ3n) is 5.04. The van der Waals surface area contributed by atoms with Crippen LogP contribution in [-0.4, -0.2) is 41.3 Å². The van der Waals surface area contributed by atoms with Crippen LogP contribution in [0.25, 0.3) is 5.69 Å². The van der Waals surface area contributed by atoms with Crippen LogP contribution in [0.1, 0.15) is 42.7 Å². The van der Waals surface area contributed by atoms with E-state index in [0.717, 1.165) is 11.3 Å². The predicted molar refractivity (Wildman–Crippen MR) is 116 cm³/mol. The molecule has 0 aliphatic carbocycles. The molecule has 0 aliphatic heterocycles. The van der Waals surface area contributed by atoms with E-state index < -0.39 is 10.0 Å². The molecule has 1 atom stereocenters. The van der Waals surface area contributed by atoms with E-state index >= 15 is 0 Å². The molecule has 0 spiro atoms. The molecule has 3 aromatic rings. The van der Waals surface area contributed by atoms with Crippen LogP contribution in [0.3, 0.4) is 0 Å². The molecule has 0 bridgehead atoms. The van der Waals surface area contributed by atoms with Gasteiger partial charge in [0, 0.05) is 36.7 Å². The number of nitrogens with zero attached hydrogens (tertiary/aromatic N) is 3. The Labute approximate surface area is 177 Å². The predicted octanol–water partition coefficient (Wildman–Crippen LogP) is 3.39. The highest BCUT2D eigenvalue weighted by atomic mass is 32.2. The van der Waals surface area contributed by atoms with E-state index in [1.54, 1.807) is 38.5 Å². The van der Waals surface area contributed by atoms with Gasteiger partial charge in [0.05, 0.1) is 17.3 Å². The van der Waals surface area contributed by atoms with E-state index in [9.17, 15) is 13.2 Å². The zero-order valence-electron chi connectivity index (χ0n) is 17.5. The second-order valence-electron chi connectivity index (χ2n) is 7.40. The molecule has 0 radical (unpaired) electrons. The summed E-state index contributed by atoms with van der Waals surface area (Å²) in [6.07, 6.45) is 5.29. The van der Waals surface area contributed by atoms with Crippen molar-refractivity contribution in [2.75, 3.05) is 7.05 Å². The first-order chi connectivity index (χ1) is 14.2. The Morgan fingerprint density at radius 3 is 2.40 bits per heavy atom. The lowest BCUT2D eigenvalue weighted by atomic mass is 10.1. The number of benzene rings is 2. The average Bonchev–Trinajstić information content (AvgIpc) is 3.28. The van der Waals surface area contributed by atoms with Crippen molar-refractivity contribution in [2.24, 2.45) is 0 Å². The number of aromatic nitrogens is 2. The van der Waals surface area contributed by atoms with Gasteiger partial charge in [-0.3, -0.25) is 4.79 Å². The molecule has 3 rings (SSSR count).